The van der Waals surface area contributed by atoms with Crippen molar-refractivity contribution >= 4 is 15.7 Å². The van der Waals surface area contributed by atoms with Crippen LogP contribution in [-0.2, 0) is 14.0 Å². The van der Waals surface area contributed by atoms with E-state index in [0.717, 1.165) is 19.3 Å². The maximum atomic E-state index is 13.5. The van der Waals surface area contributed by atoms with Gasteiger partial charge in [0.1, 0.15) is 6.10 Å². The molecule has 0 saturated heterocycles. The third kappa shape index (κ3) is 5.23. The summed E-state index contributed by atoms with van der Waals surface area (Å²) < 4.78 is 12.7. The monoisotopic (exact) mass is 390 g/mol. The van der Waals surface area contributed by atoms with Gasteiger partial charge in [-0.15, -0.1) is 0 Å². The van der Waals surface area contributed by atoms with E-state index in [2.05, 4.69) is 65.8 Å². The lowest BCUT2D eigenvalue weighted by molar-refractivity contribution is -0.180. The number of carbonyl (C=O) groups is 1. The van der Waals surface area contributed by atoms with E-state index in [1.807, 2.05) is 6.07 Å². The van der Waals surface area contributed by atoms with Gasteiger partial charge in [0, 0.05) is 5.92 Å². The second-order valence-electron chi connectivity index (χ2n) is 9.05. The smallest absolute Gasteiger partial charge is 0.338 e. The molecule has 1 saturated carbocycles. The minimum Gasteiger partial charge on any atom is -0.460 e. The van der Waals surface area contributed by atoms with E-state index in [-0.39, 0.29) is 23.9 Å². The zero-order valence-corrected chi connectivity index (χ0v) is 19.4. The Morgan fingerprint density at radius 2 is 1.59 bits per heavy atom. The lowest BCUT2D eigenvalue weighted by Gasteiger charge is -2.42. The molecule has 0 amide bonds. The first-order valence-corrected chi connectivity index (χ1v) is 12.1. The Kier molecular flexibility index (Phi) is 8.11. The van der Waals surface area contributed by atoms with Gasteiger partial charge in [-0.25, -0.2) is 4.79 Å². The highest BCUT2D eigenvalue weighted by molar-refractivity contribution is 6.29. The van der Waals surface area contributed by atoms with E-state index in [9.17, 15) is 4.79 Å². The number of rotatable bonds is 8. The van der Waals surface area contributed by atoms with Crippen molar-refractivity contribution in [2.24, 2.45) is 11.8 Å². The van der Waals surface area contributed by atoms with E-state index in [1.165, 1.54) is 12.0 Å². The van der Waals surface area contributed by atoms with Crippen LogP contribution in [0.5, 0.6) is 0 Å². The number of esters is 1. The molecule has 0 N–H and O–H groups in total. The summed E-state index contributed by atoms with van der Waals surface area (Å²) in [5.41, 5.74) is 0.975. The number of ether oxygens (including phenoxy) is 1. The summed E-state index contributed by atoms with van der Waals surface area (Å²) in [6, 6.07) is 10.5. The molecule has 1 aliphatic rings. The van der Waals surface area contributed by atoms with Crippen LogP contribution in [0, 0.1) is 11.8 Å². The molecule has 0 unspecified atom stereocenters. The van der Waals surface area contributed by atoms with Crippen molar-refractivity contribution in [2.75, 3.05) is 0 Å². The molecule has 1 aliphatic carbocycles. The lowest BCUT2D eigenvalue weighted by Crippen LogP contribution is -2.54. The van der Waals surface area contributed by atoms with Crippen molar-refractivity contribution in [3.05, 3.63) is 35.9 Å². The van der Waals surface area contributed by atoms with Crippen LogP contribution in [0.4, 0.5) is 0 Å². The number of hydrogen-bond donors (Lipinski definition) is 0. The second kappa shape index (κ2) is 9.88. The minimum absolute atomic E-state index is 0.0464. The predicted molar refractivity (Wildman–Crippen MR) is 115 cm³/mol. The quantitative estimate of drug-likeness (QED) is 0.450. The van der Waals surface area contributed by atoms with Gasteiger partial charge in [-0.1, -0.05) is 78.3 Å². The van der Waals surface area contributed by atoms with Gasteiger partial charge in [-0.05, 0) is 42.2 Å². The Hall–Kier alpha value is -1.13. The Balaban J connectivity index is 2.23. The Morgan fingerprint density at radius 3 is 2.15 bits per heavy atom. The summed E-state index contributed by atoms with van der Waals surface area (Å²) >= 11 is 0. The first kappa shape index (κ1) is 22.2. The number of carbonyl (C=O) groups excluding carboxylic acids is 1. The van der Waals surface area contributed by atoms with Gasteiger partial charge in [0.05, 0.1) is 0 Å². The van der Waals surface area contributed by atoms with Gasteiger partial charge in [-0.2, -0.15) is 0 Å². The fourth-order valence-corrected chi connectivity index (χ4v) is 5.78. The van der Waals surface area contributed by atoms with E-state index in [4.69, 9.17) is 9.16 Å². The molecule has 2 rings (SSSR count). The molecule has 27 heavy (non-hydrogen) atoms. The molecular weight excluding hydrogens is 352 g/mol. The summed E-state index contributed by atoms with van der Waals surface area (Å²) in [5, 5.41) is 0. The van der Waals surface area contributed by atoms with Gasteiger partial charge in [-0.3, -0.25) is 0 Å². The third-order valence-electron chi connectivity index (χ3n) is 5.88. The molecule has 152 valence electrons. The van der Waals surface area contributed by atoms with Gasteiger partial charge < -0.3 is 9.16 Å². The fourth-order valence-electron chi connectivity index (χ4n) is 4.38. The molecule has 0 radical (unpaired) electrons. The molecule has 2 atom stereocenters. The van der Waals surface area contributed by atoms with Crippen LogP contribution >= 0.6 is 0 Å². The van der Waals surface area contributed by atoms with Crippen molar-refractivity contribution in [3.8, 4) is 0 Å². The highest BCUT2D eigenvalue weighted by Crippen LogP contribution is 2.38. The Bertz CT molecular complexity index is 575. The molecule has 0 spiro atoms. The Labute approximate surface area is 168 Å². The van der Waals surface area contributed by atoms with Gasteiger partial charge in [0.2, 0.25) is 0 Å². The number of hydrogen-bond acceptors (Lipinski definition) is 3. The average molecular weight is 391 g/mol. The van der Waals surface area contributed by atoms with E-state index in [0.29, 0.717) is 11.5 Å². The zero-order valence-electron chi connectivity index (χ0n) is 18.0. The second-order valence-corrected chi connectivity index (χ2v) is 11.3. The first-order chi connectivity index (χ1) is 12.8. The fraction of sp³-hybridized carbons (Fsp3) is 0.696. The standard InChI is InChI=1S/C23H38O3Si/c1-16(2)23(17(3)4,26-27-18(5)6)22(24)25-21-15-11-10-14-20(21)19-12-8-7-9-13-19/h7-9,12-13,16-18,20-21H,10-11,14-15,27H2,1-6H3/t20-,21+/m0/s1. The van der Waals surface area contributed by atoms with Crippen LogP contribution in [0.3, 0.4) is 0 Å². The van der Waals surface area contributed by atoms with Crippen LogP contribution in [-0.4, -0.2) is 27.4 Å². The molecule has 3 nitrogen and oxygen atoms in total. The third-order valence-corrected chi connectivity index (χ3v) is 7.19. The summed E-state index contributed by atoms with van der Waals surface area (Å²) in [5.74, 6) is 0.335. The summed E-state index contributed by atoms with van der Waals surface area (Å²) in [4.78, 5) is 13.5. The van der Waals surface area contributed by atoms with Crippen LogP contribution in [0.2, 0.25) is 5.54 Å². The first-order valence-electron chi connectivity index (χ1n) is 10.7. The van der Waals surface area contributed by atoms with Crippen molar-refractivity contribution in [1.82, 2.24) is 0 Å². The van der Waals surface area contributed by atoms with E-state index < -0.39 is 15.4 Å². The average Bonchev–Trinajstić information content (AvgIpc) is 2.62. The molecule has 4 heteroatoms. The molecule has 1 aromatic rings. The molecule has 0 bridgehead atoms. The summed E-state index contributed by atoms with van der Waals surface area (Å²) in [6.45, 7) is 12.7. The van der Waals surface area contributed by atoms with Crippen molar-refractivity contribution in [2.45, 2.75) is 90.4 Å². The summed E-state index contributed by atoms with van der Waals surface area (Å²) in [6.07, 6.45) is 4.30. The van der Waals surface area contributed by atoms with Crippen LogP contribution in [0.1, 0.15) is 78.7 Å². The molecule has 0 aromatic heterocycles. The van der Waals surface area contributed by atoms with E-state index >= 15 is 0 Å². The topological polar surface area (TPSA) is 35.5 Å². The highest BCUT2D eigenvalue weighted by atomic mass is 28.2. The Morgan fingerprint density at radius 1 is 1.00 bits per heavy atom. The largest absolute Gasteiger partial charge is 0.460 e. The van der Waals surface area contributed by atoms with E-state index in [1.54, 1.807) is 0 Å². The minimum atomic E-state index is -0.824. The highest BCUT2D eigenvalue weighted by Gasteiger charge is 2.48. The molecule has 1 aromatic carbocycles. The van der Waals surface area contributed by atoms with Crippen LogP contribution in [0.25, 0.3) is 0 Å². The van der Waals surface area contributed by atoms with Crippen molar-refractivity contribution < 1.29 is 14.0 Å². The van der Waals surface area contributed by atoms with Gasteiger partial charge in [0.25, 0.3) is 0 Å². The SMILES string of the molecule is CC(C)[SiH2]OC(C(=O)O[C@@H]1CCCC[C@H]1c1ccccc1)(C(C)C)C(C)C. The normalized spacial score (nSPS) is 21.5. The zero-order chi connectivity index (χ0) is 20.0. The van der Waals surface area contributed by atoms with Crippen molar-refractivity contribution in [1.29, 1.82) is 0 Å². The van der Waals surface area contributed by atoms with Gasteiger partial charge >= 0.3 is 5.97 Å². The molecule has 0 heterocycles. The predicted octanol–water partition coefficient (Wildman–Crippen LogP) is 5.24. The van der Waals surface area contributed by atoms with Crippen LogP contribution < -0.4 is 0 Å². The molecular formula is C23H38O3Si. The molecule has 0 aliphatic heterocycles. The van der Waals surface area contributed by atoms with Crippen molar-refractivity contribution in [3.63, 3.8) is 0 Å². The lowest BCUT2D eigenvalue weighted by atomic mass is 9.79. The number of benzene rings is 1. The molecule has 1 fully saturated rings. The maximum Gasteiger partial charge on any atom is 0.338 e. The van der Waals surface area contributed by atoms with Gasteiger partial charge in [0.15, 0.2) is 15.4 Å². The maximum absolute atomic E-state index is 13.5. The van der Waals surface area contributed by atoms with Crippen LogP contribution in [0.15, 0.2) is 30.3 Å². The summed E-state index contributed by atoms with van der Waals surface area (Å²) in [7, 11) is -0.789.